The highest BCUT2D eigenvalue weighted by Gasteiger charge is 2.11. The number of hydrogen-bond donors (Lipinski definition) is 0. The van der Waals surface area contributed by atoms with Gasteiger partial charge in [-0.05, 0) is 44.0 Å². The molecule has 3 aromatic rings. The second kappa shape index (κ2) is 7.42. The number of benzene rings is 2. The van der Waals surface area contributed by atoms with Gasteiger partial charge in [0.15, 0.2) is 0 Å². The van der Waals surface area contributed by atoms with E-state index in [0.29, 0.717) is 0 Å². The average Bonchev–Trinajstić information content (AvgIpc) is 3.01. The molecule has 0 unspecified atom stereocenters. The van der Waals surface area contributed by atoms with Crippen molar-refractivity contribution >= 4 is 15.9 Å². The summed E-state index contributed by atoms with van der Waals surface area (Å²) < 4.78 is 3.25. The zero-order valence-corrected chi connectivity index (χ0v) is 14.7. The second-order valence-electron chi connectivity index (χ2n) is 5.38. The first-order chi connectivity index (χ1) is 11.3. The van der Waals surface area contributed by atoms with E-state index < -0.39 is 0 Å². The third-order valence-corrected chi connectivity index (χ3v) is 4.22. The van der Waals surface area contributed by atoms with Crippen LogP contribution in [-0.2, 0) is 6.42 Å². The first-order valence-electron chi connectivity index (χ1n) is 7.78. The van der Waals surface area contributed by atoms with Gasteiger partial charge < -0.3 is 0 Å². The fraction of sp³-hybridized carbons (Fsp3) is 0.150. The highest BCUT2D eigenvalue weighted by molar-refractivity contribution is 9.10. The molecule has 1 heterocycles. The van der Waals surface area contributed by atoms with E-state index in [0.717, 1.165) is 40.1 Å². The summed E-state index contributed by atoms with van der Waals surface area (Å²) in [6.45, 7) is 2.05. The number of nitrogens with zero attached hydrogens (tertiary/aromatic N) is 2. The minimum atomic E-state index is 0.952. The first kappa shape index (κ1) is 15.8. The second-order valence-corrected chi connectivity index (χ2v) is 6.29. The third kappa shape index (κ3) is 3.80. The topological polar surface area (TPSA) is 17.8 Å². The summed E-state index contributed by atoms with van der Waals surface area (Å²) >= 11 is 3.49. The number of halogens is 1. The maximum atomic E-state index is 4.87. The van der Waals surface area contributed by atoms with Crippen LogP contribution >= 0.6 is 15.9 Å². The molecule has 116 valence electrons. The summed E-state index contributed by atoms with van der Waals surface area (Å²) in [7, 11) is 0. The summed E-state index contributed by atoms with van der Waals surface area (Å²) in [6.07, 6.45) is 8.39. The molecule has 2 nitrogen and oxygen atoms in total. The van der Waals surface area contributed by atoms with Gasteiger partial charge in [0.2, 0.25) is 0 Å². The lowest BCUT2D eigenvalue weighted by Crippen LogP contribution is -1.95. The van der Waals surface area contributed by atoms with Crippen LogP contribution in [0.2, 0.25) is 0 Å². The molecule has 0 N–H and O–H groups in total. The Kier molecular flexibility index (Phi) is 5.09. The average molecular weight is 367 g/mol. The molecule has 2 aromatic carbocycles. The third-order valence-electron chi connectivity index (χ3n) is 3.70. The molecule has 3 heteroatoms. The molecule has 0 atom stereocenters. The van der Waals surface area contributed by atoms with Crippen molar-refractivity contribution in [2.75, 3.05) is 0 Å². The van der Waals surface area contributed by atoms with E-state index in [9.17, 15) is 0 Å². The Morgan fingerprint density at radius 3 is 2.48 bits per heavy atom. The minimum absolute atomic E-state index is 0.952. The zero-order valence-electron chi connectivity index (χ0n) is 13.1. The standard InChI is InChI=1S/C20H19BrN2/c1-2-3-5-8-18-15-23(19-9-6-4-7-10-19)20(22-18)16-11-13-17(21)14-12-16/h2-4,6-7,9-15H,5,8H2,1H3/b3-2-. The molecule has 0 aliphatic carbocycles. The van der Waals surface area contributed by atoms with Gasteiger partial charge in [0.05, 0.1) is 5.69 Å². The molecule has 0 bridgehead atoms. The van der Waals surface area contributed by atoms with Crippen molar-refractivity contribution in [3.63, 3.8) is 0 Å². The molecule has 1 aromatic heterocycles. The molecule has 0 saturated heterocycles. The lowest BCUT2D eigenvalue weighted by molar-refractivity contribution is 0.956. The van der Waals surface area contributed by atoms with Crippen molar-refractivity contribution in [2.24, 2.45) is 0 Å². The van der Waals surface area contributed by atoms with Crippen LogP contribution in [0.5, 0.6) is 0 Å². The lowest BCUT2D eigenvalue weighted by atomic mass is 10.2. The number of hydrogen-bond acceptors (Lipinski definition) is 1. The number of allylic oxidation sites excluding steroid dienone is 2. The normalized spacial score (nSPS) is 11.2. The number of para-hydroxylation sites is 1. The lowest BCUT2D eigenvalue weighted by Gasteiger charge is -2.07. The number of imidazole rings is 1. The van der Waals surface area contributed by atoms with Gasteiger partial charge in [0.1, 0.15) is 5.82 Å². The molecular formula is C20H19BrN2. The molecule has 0 fully saturated rings. The van der Waals surface area contributed by atoms with Crippen LogP contribution in [0.1, 0.15) is 19.0 Å². The van der Waals surface area contributed by atoms with E-state index in [2.05, 4.69) is 94.3 Å². The van der Waals surface area contributed by atoms with Gasteiger partial charge in [-0.15, -0.1) is 0 Å². The van der Waals surface area contributed by atoms with Crippen molar-refractivity contribution in [3.8, 4) is 17.1 Å². The zero-order chi connectivity index (χ0) is 16.1. The monoisotopic (exact) mass is 366 g/mol. The van der Waals surface area contributed by atoms with Crippen LogP contribution in [0.25, 0.3) is 17.1 Å². The molecule has 0 amide bonds. The molecule has 0 spiro atoms. The first-order valence-corrected chi connectivity index (χ1v) is 8.58. The van der Waals surface area contributed by atoms with Gasteiger partial charge >= 0.3 is 0 Å². The Labute approximate surface area is 145 Å². The molecular weight excluding hydrogens is 348 g/mol. The van der Waals surface area contributed by atoms with Crippen LogP contribution in [0.4, 0.5) is 0 Å². The summed E-state index contributed by atoms with van der Waals surface area (Å²) in [4.78, 5) is 4.87. The summed E-state index contributed by atoms with van der Waals surface area (Å²) in [5, 5.41) is 0. The Balaban J connectivity index is 2.03. The Morgan fingerprint density at radius 1 is 1.04 bits per heavy atom. The number of rotatable bonds is 5. The van der Waals surface area contributed by atoms with Crippen molar-refractivity contribution < 1.29 is 0 Å². The van der Waals surface area contributed by atoms with E-state index in [-0.39, 0.29) is 0 Å². The summed E-state index contributed by atoms with van der Waals surface area (Å²) in [5.41, 5.74) is 3.37. The van der Waals surface area contributed by atoms with Crippen molar-refractivity contribution in [1.82, 2.24) is 9.55 Å². The van der Waals surface area contributed by atoms with E-state index in [4.69, 9.17) is 4.98 Å². The summed E-state index contributed by atoms with van der Waals surface area (Å²) in [6, 6.07) is 18.7. The van der Waals surface area contributed by atoms with Gasteiger partial charge in [0, 0.05) is 21.9 Å². The van der Waals surface area contributed by atoms with E-state index >= 15 is 0 Å². The molecule has 0 radical (unpaired) electrons. The largest absolute Gasteiger partial charge is 0.300 e. The molecule has 0 saturated carbocycles. The fourth-order valence-corrected chi connectivity index (χ4v) is 2.80. The molecule has 0 aliphatic rings. The van der Waals surface area contributed by atoms with Crippen molar-refractivity contribution in [2.45, 2.75) is 19.8 Å². The van der Waals surface area contributed by atoms with E-state index in [1.54, 1.807) is 0 Å². The van der Waals surface area contributed by atoms with Gasteiger partial charge in [-0.1, -0.05) is 58.4 Å². The van der Waals surface area contributed by atoms with Crippen LogP contribution in [0.3, 0.4) is 0 Å². The highest BCUT2D eigenvalue weighted by atomic mass is 79.9. The van der Waals surface area contributed by atoms with E-state index in [1.807, 2.05) is 6.07 Å². The molecule has 3 rings (SSSR count). The molecule has 0 aliphatic heterocycles. The van der Waals surface area contributed by atoms with Gasteiger partial charge in [-0.25, -0.2) is 4.98 Å². The minimum Gasteiger partial charge on any atom is -0.300 e. The van der Waals surface area contributed by atoms with Crippen molar-refractivity contribution in [3.05, 3.63) is 83.1 Å². The van der Waals surface area contributed by atoms with Crippen molar-refractivity contribution in [1.29, 1.82) is 0 Å². The number of aromatic nitrogens is 2. The van der Waals surface area contributed by atoms with Crippen LogP contribution in [-0.4, -0.2) is 9.55 Å². The van der Waals surface area contributed by atoms with Gasteiger partial charge in [-0.3, -0.25) is 4.57 Å². The quantitative estimate of drug-likeness (QED) is 0.520. The van der Waals surface area contributed by atoms with Crippen LogP contribution in [0, 0.1) is 0 Å². The maximum Gasteiger partial charge on any atom is 0.144 e. The Morgan fingerprint density at radius 2 is 1.78 bits per heavy atom. The maximum absolute atomic E-state index is 4.87. The van der Waals surface area contributed by atoms with Gasteiger partial charge in [-0.2, -0.15) is 0 Å². The van der Waals surface area contributed by atoms with Crippen LogP contribution < -0.4 is 0 Å². The SMILES string of the molecule is C/C=C\CCc1cn(-c2ccccc2)c(-c2ccc(Br)cc2)n1. The van der Waals surface area contributed by atoms with E-state index in [1.165, 1.54) is 0 Å². The molecule has 23 heavy (non-hydrogen) atoms. The van der Waals surface area contributed by atoms with Crippen LogP contribution in [0.15, 0.2) is 77.4 Å². The predicted molar refractivity (Wildman–Crippen MR) is 99.8 cm³/mol. The predicted octanol–water partition coefficient (Wildman–Crippen LogP) is 5.81. The smallest absolute Gasteiger partial charge is 0.144 e. The summed E-state index contributed by atoms with van der Waals surface area (Å²) in [5.74, 6) is 0.985. The fourth-order valence-electron chi connectivity index (χ4n) is 2.54. The van der Waals surface area contributed by atoms with Gasteiger partial charge in [0.25, 0.3) is 0 Å². The highest BCUT2D eigenvalue weighted by Crippen LogP contribution is 2.25. The Bertz CT molecular complexity index is 786. The number of aryl methyl sites for hydroxylation is 1. The Hall–Kier alpha value is -2.13.